The van der Waals surface area contributed by atoms with Gasteiger partial charge in [-0.2, -0.15) is 0 Å². The van der Waals surface area contributed by atoms with Crippen LogP contribution in [0.25, 0.3) is 0 Å². The highest BCUT2D eigenvalue weighted by atomic mass is 32.1. The maximum absolute atomic E-state index is 4.71. The van der Waals surface area contributed by atoms with Gasteiger partial charge in [-0.05, 0) is 37.9 Å². The molecule has 0 radical (unpaired) electrons. The number of fused-ring (bicyclic) bond motifs is 1. The number of benzene rings is 1. The fourth-order valence-electron chi connectivity index (χ4n) is 3.09. The highest BCUT2D eigenvalue weighted by Gasteiger charge is 2.32. The first-order valence-corrected chi connectivity index (χ1v) is 8.24. The van der Waals surface area contributed by atoms with Gasteiger partial charge in [-0.25, -0.2) is 4.98 Å². The first-order valence-electron chi connectivity index (χ1n) is 7.43. The van der Waals surface area contributed by atoms with Gasteiger partial charge in [-0.3, -0.25) is 0 Å². The van der Waals surface area contributed by atoms with E-state index in [4.69, 9.17) is 4.98 Å². The molecule has 106 valence electrons. The van der Waals surface area contributed by atoms with Gasteiger partial charge < -0.3 is 5.32 Å². The fraction of sp³-hybridized carbons (Fsp3) is 0.471. The molecule has 20 heavy (non-hydrogen) atoms. The number of hydrogen-bond acceptors (Lipinski definition) is 3. The van der Waals surface area contributed by atoms with Crippen LogP contribution in [0.3, 0.4) is 0 Å². The molecule has 0 fully saturated rings. The summed E-state index contributed by atoms with van der Waals surface area (Å²) in [6, 6.07) is 9.36. The zero-order valence-corrected chi connectivity index (χ0v) is 13.3. The molecular formula is C17H22N2S. The van der Waals surface area contributed by atoms with Gasteiger partial charge in [0.2, 0.25) is 0 Å². The zero-order valence-electron chi connectivity index (χ0n) is 12.4. The molecule has 2 nitrogen and oxygen atoms in total. The first-order chi connectivity index (χ1) is 9.69. The molecule has 0 aliphatic heterocycles. The number of nitrogens with one attached hydrogen (secondary N) is 1. The van der Waals surface area contributed by atoms with Gasteiger partial charge in [-0.15, -0.1) is 11.3 Å². The van der Waals surface area contributed by atoms with Crippen molar-refractivity contribution in [1.82, 2.24) is 10.3 Å². The lowest BCUT2D eigenvalue weighted by atomic mass is 9.72. The molecule has 0 saturated heterocycles. The molecule has 1 aliphatic rings. The van der Waals surface area contributed by atoms with Gasteiger partial charge in [0.25, 0.3) is 0 Å². The molecular weight excluding hydrogens is 264 g/mol. The van der Waals surface area contributed by atoms with Crippen LogP contribution in [0.4, 0.5) is 0 Å². The largest absolute Gasteiger partial charge is 0.313 e. The minimum absolute atomic E-state index is 0.514. The van der Waals surface area contributed by atoms with E-state index in [1.807, 2.05) is 11.3 Å². The normalized spacial score (nSPS) is 18.4. The summed E-state index contributed by atoms with van der Waals surface area (Å²) in [5.41, 5.74) is 4.24. The smallest absolute Gasteiger partial charge is 0.0946 e. The minimum Gasteiger partial charge on any atom is -0.313 e. The van der Waals surface area contributed by atoms with Crippen LogP contribution in [0.15, 0.2) is 24.3 Å². The number of aromatic nitrogens is 1. The molecule has 2 atom stereocenters. The summed E-state index contributed by atoms with van der Waals surface area (Å²) in [5, 5.41) is 4.94. The van der Waals surface area contributed by atoms with Gasteiger partial charge in [0.15, 0.2) is 0 Å². The molecule has 0 amide bonds. The van der Waals surface area contributed by atoms with Crippen molar-refractivity contribution in [2.45, 2.75) is 45.6 Å². The highest BCUT2D eigenvalue weighted by Crippen LogP contribution is 2.38. The molecule has 0 saturated carbocycles. The van der Waals surface area contributed by atoms with Gasteiger partial charge in [-0.1, -0.05) is 31.2 Å². The molecule has 2 aromatic rings. The maximum Gasteiger partial charge on any atom is 0.0946 e. The second kappa shape index (κ2) is 5.66. The lowest BCUT2D eigenvalue weighted by Gasteiger charge is -2.36. The van der Waals surface area contributed by atoms with Crippen molar-refractivity contribution in [3.05, 3.63) is 51.0 Å². The van der Waals surface area contributed by atoms with E-state index < -0.39 is 0 Å². The summed E-state index contributed by atoms with van der Waals surface area (Å²) in [4.78, 5) is 6.06. The average Bonchev–Trinajstić information content (AvgIpc) is 2.70. The third-order valence-electron chi connectivity index (χ3n) is 4.31. The number of likely N-dealkylation sites (N-methyl/N-ethyl adjacent to an activating group) is 1. The van der Waals surface area contributed by atoms with Crippen molar-refractivity contribution in [3.63, 3.8) is 0 Å². The SMILES string of the molecule is CCNC(Cc1nc(C)c(C)s1)C1Cc2ccccc21. The van der Waals surface area contributed by atoms with Crippen LogP contribution >= 0.6 is 11.3 Å². The predicted molar refractivity (Wildman–Crippen MR) is 85.6 cm³/mol. The summed E-state index contributed by atoms with van der Waals surface area (Å²) in [7, 11) is 0. The van der Waals surface area contributed by atoms with Crippen molar-refractivity contribution >= 4 is 11.3 Å². The summed E-state index contributed by atoms with van der Waals surface area (Å²) >= 11 is 1.85. The highest BCUT2D eigenvalue weighted by molar-refractivity contribution is 7.11. The second-order valence-electron chi connectivity index (χ2n) is 5.63. The van der Waals surface area contributed by atoms with Gasteiger partial charge >= 0.3 is 0 Å². The third-order valence-corrected chi connectivity index (χ3v) is 5.41. The van der Waals surface area contributed by atoms with E-state index in [2.05, 4.69) is 50.4 Å². The lowest BCUT2D eigenvalue weighted by molar-refractivity contribution is 0.404. The van der Waals surface area contributed by atoms with E-state index in [-0.39, 0.29) is 0 Å². The monoisotopic (exact) mass is 286 g/mol. The molecule has 3 rings (SSSR count). The minimum atomic E-state index is 0.514. The molecule has 0 spiro atoms. The Morgan fingerprint density at radius 2 is 2.15 bits per heavy atom. The van der Waals surface area contributed by atoms with E-state index in [0.29, 0.717) is 12.0 Å². The zero-order chi connectivity index (χ0) is 14.1. The number of hydrogen-bond donors (Lipinski definition) is 1. The Bertz CT molecular complexity index is 583. The van der Waals surface area contributed by atoms with Gasteiger partial charge in [0.05, 0.1) is 10.7 Å². The van der Waals surface area contributed by atoms with Crippen molar-refractivity contribution in [1.29, 1.82) is 0 Å². The topological polar surface area (TPSA) is 24.9 Å². The molecule has 1 heterocycles. The summed E-state index contributed by atoms with van der Waals surface area (Å²) in [5.74, 6) is 0.649. The molecule has 3 heteroatoms. The number of thiazole rings is 1. The Labute approximate surface area is 125 Å². The quantitative estimate of drug-likeness (QED) is 0.908. The lowest BCUT2D eigenvalue weighted by Crippen LogP contribution is -2.41. The predicted octanol–water partition coefficient (Wildman–Crippen LogP) is 3.62. The van der Waals surface area contributed by atoms with Crippen molar-refractivity contribution in [2.24, 2.45) is 0 Å². The number of aryl methyl sites for hydroxylation is 2. The molecule has 0 bridgehead atoms. The number of rotatable bonds is 5. The molecule has 2 unspecified atom stereocenters. The molecule has 1 aromatic heterocycles. The van der Waals surface area contributed by atoms with Crippen LogP contribution in [0.5, 0.6) is 0 Å². The summed E-state index contributed by atoms with van der Waals surface area (Å²) in [6.45, 7) is 7.48. The Hall–Kier alpha value is -1.19. The standard InChI is InChI=1S/C17H22N2S/c1-4-18-16(10-17-19-11(2)12(3)20-17)15-9-13-7-5-6-8-14(13)15/h5-8,15-16,18H,4,9-10H2,1-3H3. The summed E-state index contributed by atoms with van der Waals surface area (Å²) in [6.07, 6.45) is 2.25. The van der Waals surface area contributed by atoms with E-state index in [1.54, 1.807) is 0 Å². The van der Waals surface area contributed by atoms with Crippen LogP contribution in [-0.2, 0) is 12.8 Å². The Morgan fingerprint density at radius 3 is 2.80 bits per heavy atom. The van der Waals surface area contributed by atoms with Crippen LogP contribution in [0.2, 0.25) is 0 Å². The maximum atomic E-state index is 4.71. The Balaban J connectivity index is 1.77. The van der Waals surface area contributed by atoms with E-state index in [9.17, 15) is 0 Å². The van der Waals surface area contributed by atoms with Crippen LogP contribution in [0, 0.1) is 13.8 Å². The summed E-state index contributed by atoms with van der Waals surface area (Å²) < 4.78 is 0. The number of nitrogens with zero attached hydrogens (tertiary/aromatic N) is 1. The van der Waals surface area contributed by atoms with Crippen LogP contribution in [-0.4, -0.2) is 17.6 Å². The van der Waals surface area contributed by atoms with Crippen molar-refractivity contribution in [2.75, 3.05) is 6.54 Å². The third kappa shape index (κ3) is 2.52. The first kappa shape index (κ1) is 13.8. The van der Waals surface area contributed by atoms with Crippen molar-refractivity contribution in [3.8, 4) is 0 Å². The van der Waals surface area contributed by atoms with Crippen LogP contribution < -0.4 is 5.32 Å². The fourth-order valence-corrected chi connectivity index (χ4v) is 4.08. The Morgan fingerprint density at radius 1 is 1.35 bits per heavy atom. The second-order valence-corrected chi connectivity index (χ2v) is 6.91. The van der Waals surface area contributed by atoms with Gasteiger partial charge in [0, 0.05) is 23.3 Å². The Kier molecular flexibility index (Phi) is 3.90. The molecule has 1 N–H and O–H groups in total. The van der Waals surface area contributed by atoms with E-state index in [0.717, 1.165) is 13.0 Å². The van der Waals surface area contributed by atoms with Crippen LogP contribution in [0.1, 0.15) is 39.5 Å². The molecule has 1 aromatic carbocycles. The molecule has 1 aliphatic carbocycles. The average molecular weight is 286 g/mol. The van der Waals surface area contributed by atoms with E-state index in [1.165, 1.54) is 33.1 Å². The van der Waals surface area contributed by atoms with E-state index >= 15 is 0 Å². The van der Waals surface area contributed by atoms with Gasteiger partial charge in [0.1, 0.15) is 0 Å². The van der Waals surface area contributed by atoms with Crippen molar-refractivity contribution < 1.29 is 0 Å².